The van der Waals surface area contributed by atoms with E-state index in [4.69, 9.17) is 9.57 Å². The van der Waals surface area contributed by atoms with E-state index in [-0.39, 0.29) is 23.8 Å². The number of allylic oxidation sites excluding steroid dienone is 1. The molecule has 0 aromatic heterocycles. The third kappa shape index (κ3) is 1.86. The number of benzene rings is 1. The SMILES string of the molecule is C/C=C1/CN2C(=O)[C@]3(c4ccc(O)cc4NOC)C[C@H]2[C@@H]2CO[C@H]3C[C@@H]12. The van der Waals surface area contributed by atoms with Crippen molar-refractivity contribution in [3.05, 3.63) is 35.4 Å². The molecule has 5 aliphatic rings. The van der Waals surface area contributed by atoms with Crippen molar-refractivity contribution >= 4 is 11.6 Å². The van der Waals surface area contributed by atoms with Gasteiger partial charge in [-0.25, -0.2) is 0 Å². The fourth-order valence-corrected chi connectivity index (χ4v) is 5.87. The van der Waals surface area contributed by atoms with Crippen molar-refractivity contribution in [2.24, 2.45) is 11.8 Å². The van der Waals surface area contributed by atoms with Crippen LogP contribution in [0.2, 0.25) is 0 Å². The summed E-state index contributed by atoms with van der Waals surface area (Å²) in [5.41, 5.74) is 5.03. The summed E-state index contributed by atoms with van der Waals surface area (Å²) < 4.78 is 6.27. The molecule has 1 aliphatic carbocycles. The number of phenolic OH excluding ortho intramolecular Hbond substituents is 1. The second-order valence-electron chi connectivity index (χ2n) is 7.90. The Morgan fingerprint density at radius 2 is 2.31 bits per heavy atom. The highest BCUT2D eigenvalue weighted by Crippen LogP contribution is 2.59. The number of aromatic hydroxyl groups is 1. The molecule has 5 atom stereocenters. The van der Waals surface area contributed by atoms with Gasteiger partial charge in [-0.2, -0.15) is 0 Å². The number of nitrogens with zero attached hydrogens (tertiary/aromatic N) is 1. The van der Waals surface area contributed by atoms with Crippen molar-refractivity contribution in [1.29, 1.82) is 0 Å². The second-order valence-corrected chi connectivity index (χ2v) is 7.90. The lowest BCUT2D eigenvalue weighted by atomic mass is 9.69. The van der Waals surface area contributed by atoms with Gasteiger partial charge in [0.1, 0.15) is 11.2 Å². The van der Waals surface area contributed by atoms with E-state index in [1.165, 1.54) is 12.7 Å². The summed E-state index contributed by atoms with van der Waals surface area (Å²) in [5.74, 6) is 1.18. The van der Waals surface area contributed by atoms with Crippen LogP contribution in [0.4, 0.5) is 5.69 Å². The number of rotatable bonds is 3. The number of piperidine rings is 1. The predicted molar refractivity (Wildman–Crippen MR) is 95.6 cm³/mol. The minimum atomic E-state index is -0.706. The number of ether oxygens (including phenoxy) is 1. The van der Waals surface area contributed by atoms with Crippen LogP contribution in [-0.4, -0.2) is 48.3 Å². The van der Waals surface area contributed by atoms with Gasteiger partial charge in [0.05, 0.1) is 25.5 Å². The molecule has 1 aromatic carbocycles. The normalized spacial score (nSPS) is 38.9. The third-order valence-corrected chi connectivity index (χ3v) is 6.99. The molecule has 4 aliphatic heterocycles. The maximum Gasteiger partial charge on any atom is 0.236 e. The molecule has 4 saturated heterocycles. The summed E-state index contributed by atoms with van der Waals surface area (Å²) in [6.07, 6.45) is 3.70. The van der Waals surface area contributed by atoms with Crippen LogP contribution >= 0.6 is 0 Å². The number of anilines is 1. The topological polar surface area (TPSA) is 71.0 Å². The van der Waals surface area contributed by atoms with Crippen LogP contribution in [0.15, 0.2) is 29.8 Å². The standard InChI is InChI=1S/C20H24N2O4/c1-3-11-9-22-17-8-20(19(22)24,18-7-13(11)14(17)10-26-18)15-5-4-12(23)6-16(15)21-25-2/h3-6,13-14,17-18,21,23H,7-10H2,1-2H3/b11-3-/t13-,14+,17-,18-,20-/m0/s1. The Labute approximate surface area is 152 Å². The highest BCUT2D eigenvalue weighted by atomic mass is 16.6. The van der Waals surface area contributed by atoms with Crippen molar-refractivity contribution in [2.45, 2.75) is 37.3 Å². The van der Waals surface area contributed by atoms with Gasteiger partial charge >= 0.3 is 0 Å². The molecule has 1 saturated carbocycles. The van der Waals surface area contributed by atoms with Gasteiger partial charge in [0, 0.05) is 24.6 Å². The molecule has 1 amide bonds. The van der Waals surface area contributed by atoms with Crippen LogP contribution in [0.25, 0.3) is 0 Å². The van der Waals surface area contributed by atoms with Crippen LogP contribution in [0.1, 0.15) is 25.3 Å². The van der Waals surface area contributed by atoms with E-state index in [0.717, 1.165) is 24.9 Å². The molecule has 5 bridgehead atoms. The zero-order valence-electron chi connectivity index (χ0n) is 15.1. The molecular weight excluding hydrogens is 332 g/mol. The van der Waals surface area contributed by atoms with Crippen LogP contribution in [0.5, 0.6) is 5.75 Å². The molecule has 6 heteroatoms. The lowest BCUT2D eigenvalue weighted by molar-refractivity contribution is -0.154. The number of hydrogen-bond donors (Lipinski definition) is 2. The lowest BCUT2D eigenvalue weighted by Gasteiger charge is -2.50. The monoisotopic (exact) mass is 356 g/mol. The van der Waals surface area contributed by atoms with E-state index < -0.39 is 5.41 Å². The van der Waals surface area contributed by atoms with E-state index in [2.05, 4.69) is 23.4 Å². The number of phenols is 1. The van der Waals surface area contributed by atoms with Crippen molar-refractivity contribution in [2.75, 3.05) is 25.7 Å². The number of amides is 1. The first-order valence-corrected chi connectivity index (χ1v) is 9.30. The first-order valence-electron chi connectivity index (χ1n) is 9.30. The van der Waals surface area contributed by atoms with Gasteiger partial charge in [-0.1, -0.05) is 17.7 Å². The molecule has 5 fully saturated rings. The highest BCUT2D eigenvalue weighted by molar-refractivity contribution is 5.94. The van der Waals surface area contributed by atoms with Gasteiger partial charge in [0.25, 0.3) is 0 Å². The highest BCUT2D eigenvalue weighted by Gasteiger charge is 2.67. The summed E-state index contributed by atoms with van der Waals surface area (Å²) in [6.45, 7) is 3.53. The molecule has 2 N–H and O–H groups in total. The number of carbonyl (C=O) groups excluding carboxylic acids is 1. The number of fused-ring (bicyclic) bond motifs is 1. The van der Waals surface area contributed by atoms with E-state index >= 15 is 0 Å². The maximum absolute atomic E-state index is 13.7. The Balaban J connectivity index is 1.70. The number of hydrogen-bond acceptors (Lipinski definition) is 5. The minimum absolute atomic E-state index is 0.142. The molecule has 138 valence electrons. The molecule has 0 radical (unpaired) electrons. The summed E-state index contributed by atoms with van der Waals surface area (Å²) in [6, 6.07) is 5.35. The van der Waals surface area contributed by atoms with E-state index in [1.54, 1.807) is 12.1 Å². The fraction of sp³-hybridized carbons (Fsp3) is 0.550. The smallest absolute Gasteiger partial charge is 0.236 e. The Morgan fingerprint density at radius 3 is 3.08 bits per heavy atom. The average molecular weight is 356 g/mol. The molecule has 0 spiro atoms. The quantitative estimate of drug-likeness (QED) is 0.642. The Hall–Kier alpha value is -2.05. The van der Waals surface area contributed by atoms with Crippen LogP contribution in [0, 0.1) is 11.8 Å². The molecule has 0 unspecified atom stereocenters. The summed E-state index contributed by atoms with van der Waals surface area (Å²) in [7, 11) is 1.53. The van der Waals surface area contributed by atoms with E-state index in [9.17, 15) is 9.90 Å². The van der Waals surface area contributed by atoms with Crippen molar-refractivity contribution in [3.8, 4) is 5.75 Å². The Morgan fingerprint density at radius 1 is 1.46 bits per heavy atom. The van der Waals surface area contributed by atoms with Crippen molar-refractivity contribution in [3.63, 3.8) is 0 Å². The van der Waals surface area contributed by atoms with Crippen molar-refractivity contribution in [1.82, 2.24) is 4.90 Å². The van der Waals surface area contributed by atoms with Crippen molar-refractivity contribution < 1.29 is 19.5 Å². The lowest BCUT2D eigenvalue weighted by Crippen LogP contribution is -2.59. The van der Waals surface area contributed by atoms with E-state index in [1.807, 2.05) is 6.07 Å². The average Bonchev–Trinajstić information content (AvgIpc) is 2.78. The fourth-order valence-electron chi connectivity index (χ4n) is 5.87. The van der Waals surface area contributed by atoms with Crippen LogP contribution in [0.3, 0.4) is 0 Å². The molecular formula is C20H24N2O4. The largest absolute Gasteiger partial charge is 0.508 e. The summed E-state index contributed by atoms with van der Waals surface area (Å²) in [4.78, 5) is 20.9. The molecule has 6 rings (SSSR count). The van der Waals surface area contributed by atoms with Gasteiger partial charge in [-0.15, -0.1) is 0 Å². The minimum Gasteiger partial charge on any atom is -0.508 e. The summed E-state index contributed by atoms with van der Waals surface area (Å²) >= 11 is 0. The Bertz CT molecular complexity index is 807. The molecule has 6 nitrogen and oxygen atoms in total. The van der Waals surface area contributed by atoms with Gasteiger partial charge < -0.3 is 14.7 Å². The van der Waals surface area contributed by atoms with Gasteiger partial charge in [-0.3, -0.25) is 15.1 Å². The molecule has 26 heavy (non-hydrogen) atoms. The second kappa shape index (κ2) is 5.47. The Kier molecular flexibility index (Phi) is 3.40. The summed E-state index contributed by atoms with van der Waals surface area (Å²) in [5, 5.41) is 9.92. The maximum atomic E-state index is 13.7. The van der Waals surface area contributed by atoms with Gasteiger partial charge in [0.15, 0.2) is 0 Å². The molecule has 1 aromatic rings. The van der Waals surface area contributed by atoms with Gasteiger partial charge in [-0.05, 0) is 37.3 Å². The molecule has 4 heterocycles. The van der Waals surface area contributed by atoms with Crippen LogP contribution in [-0.2, 0) is 19.8 Å². The van der Waals surface area contributed by atoms with Gasteiger partial charge in [0.2, 0.25) is 5.91 Å². The number of nitrogens with one attached hydrogen (secondary N) is 1. The third-order valence-electron chi connectivity index (χ3n) is 6.99. The first kappa shape index (κ1) is 16.1. The number of carbonyl (C=O) groups is 1. The van der Waals surface area contributed by atoms with E-state index in [0.29, 0.717) is 24.1 Å². The zero-order chi connectivity index (χ0) is 18.1. The predicted octanol–water partition coefficient (Wildman–Crippen LogP) is 2.20. The van der Waals surface area contributed by atoms with Crippen LogP contribution < -0.4 is 5.48 Å². The first-order chi connectivity index (χ1) is 12.6. The zero-order valence-corrected chi connectivity index (χ0v) is 15.1.